The standard InChI is InChI=1S/C19H32N4/c1-3-4-5-6-7-8-9-10-11-12-13-16-14-17-19(22-23-21-17)15(2)18(16)20/h14H,3-13,20H2,1-2H3,(H,21,22,23). The summed E-state index contributed by atoms with van der Waals surface area (Å²) in [7, 11) is 0. The van der Waals surface area contributed by atoms with E-state index in [0.717, 1.165) is 28.7 Å². The molecule has 3 N–H and O–H groups in total. The summed E-state index contributed by atoms with van der Waals surface area (Å²) in [6.07, 6.45) is 14.7. The number of nitrogens with one attached hydrogen (secondary N) is 1. The second-order valence-electron chi connectivity index (χ2n) is 6.71. The Morgan fingerprint density at radius 1 is 0.957 bits per heavy atom. The molecule has 0 amide bonds. The van der Waals surface area contributed by atoms with Gasteiger partial charge in [-0.25, -0.2) is 0 Å². The van der Waals surface area contributed by atoms with Gasteiger partial charge in [0.05, 0.1) is 5.52 Å². The first-order valence-corrected chi connectivity index (χ1v) is 9.32. The molecule has 0 aliphatic heterocycles. The maximum atomic E-state index is 6.25. The molecule has 0 saturated heterocycles. The van der Waals surface area contributed by atoms with Gasteiger partial charge in [-0.3, -0.25) is 5.10 Å². The number of nitrogens with zero attached hydrogens (tertiary/aromatic N) is 2. The van der Waals surface area contributed by atoms with E-state index in [-0.39, 0.29) is 0 Å². The number of nitrogens with two attached hydrogens (primary N) is 1. The lowest BCUT2D eigenvalue weighted by Crippen LogP contribution is -1.99. The van der Waals surface area contributed by atoms with Crippen LogP contribution in [-0.2, 0) is 6.42 Å². The van der Waals surface area contributed by atoms with Gasteiger partial charge in [0.2, 0.25) is 0 Å². The lowest BCUT2D eigenvalue weighted by atomic mass is 10.00. The van der Waals surface area contributed by atoms with Crippen molar-refractivity contribution in [2.75, 3.05) is 5.73 Å². The van der Waals surface area contributed by atoms with Crippen LogP contribution < -0.4 is 5.73 Å². The fourth-order valence-corrected chi connectivity index (χ4v) is 3.24. The van der Waals surface area contributed by atoms with Gasteiger partial charge in [0.1, 0.15) is 5.52 Å². The zero-order chi connectivity index (χ0) is 16.5. The SMILES string of the molecule is CCCCCCCCCCCCc1cc2[nH]nnc2c(C)c1N. The lowest BCUT2D eigenvalue weighted by Gasteiger charge is -2.09. The summed E-state index contributed by atoms with van der Waals surface area (Å²) < 4.78 is 0. The first kappa shape index (κ1) is 17.8. The Balaban J connectivity index is 1.64. The molecule has 4 nitrogen and oxygen atoms in total. The van der Waals surface area contributed by atoms with Gasteiger partial charge in [0, 0.05) is 11.3 Å². The van der Waals surface area contributed by atoms with Gasteiger partial charge in [-0.1, -0.05) is 69.9 Å². The van der Waals surface area contributed by atoms with E-state index in [9.17, 15) is 0 Å². The predicted molar refractivity (Wildman–Crippen MR) is 98.6 cm³/mol. The van der Waals surface area contributed by atoms with Crippen LogP contribution in [0.25, 0.3) is 11.0 Å². The van der Waals surface area contributed by atoms with Crippen LogP contribution in [0.15, 0.2) is 6.07 Å². The quantitative estimate of drug-likeness (QED) is 0.436. The molecule has 0 unspecified atom stereocenters. The van der Waals surface area contributed by atoms with E-state index in [2.05, 4.69) is 28.4 Å². The Labute approximate surface area is 140 Å². The highest BCUT2D eigenvalue weighted by Crippen LogP contribution is 2.26. The Morgan fingerprint density at radius 3 is 2.22 bits per heavy atom. The molecule has 0 bridgehead atoms. The molecule has 23 heavy (non-hydrogen) atoms. The van der Waals surface area contributed by atoms with E-state index in [1.54, 1.807) is 0 Å². The average molecular weight is 316 g/mol. The minimum absolute atomic E-state index is 0.891. The van der Waals surface area contributed by atoms with E-state index in [1.165, 1.54) is 69.8 Å². The molecule has 0 spiro atoms. The van der Waals surface area contributed by atoms with Crippen LogP contribution in [0.3, 0.4) is 0 Å². The van der Waals surface area contributed by atoms with Crippen molar-refractivity contribution in [1.29, 1.82) is 0 Å². The number of H-pyrrole nitrogens is 1. The van der Waals surface area contributed by atoms with E-state index in [4.69, 9.17) is 5.73 Å². The minimum atomic E-state index is 0.891. The number of anilines is 1. The van der Waals surface area contributed by atoms with Gasteiger partial charge in [-0.15, -0.1) is 5.10 Å². The number of nitrogen functional groups attached to an aromatic ring is 1. The van der Waals surface area contributed by atoms with Crippen molar-refractivity contribution in [1.82, 2.24) is 15.4 Å². The Morgan fingerprint density at radius 2 is 1.57 bits per heavy atom. The largest absolute Gasteiger partial charge is 0.398 e. The van der Waals surface area contributed by atoms with Crippen LogP contribution >= 0.6 is 0 Å². The topological polar surface area (TPSA) is 67.6 Å². The molecule has 0 radical (unpaired) electrons. The third kappa shape index (κ3) is 5.22. The highest BCUT2D eigenvalue weighted by atomic mass is 15.3. The molecular formula is C19H32N4. The van der Waals surface area contributed by atoms with Gasteiger partial charge in [0.25, 0.3) is 0 Å². The Kier molecular flexibility index (Phi) is 7.37. The summed E-state index contributed by atoms with van der Waals surface area (Å²) in [5.74, 6) is 0. The van der Waals surface area contributed by atoms with Crippen molar-refractivity contribution >= 4 is 16.7 Å². The van der Waals surface area contributed by atoms with Crippen molar-refractivity contribution < 1.29 is 0 Å². The number of aromatic amines is 1. The molecule has 1 aromatic heterocycles. The van der Waals surface area contributed by atoms with Crippen molar-refractivity contribution in [2.24, 2.45) is 0 Å². The molecule has 0 aliphatic rings. The maximum absolute atomic E-state index is 6.25. The van der Waals surface area contributed by atoms with Crippen LogP contribution in [0.5, 0.6) is 0 Å². The summed E-state index contributed by atoms with van der Waals surface area (Å²) >= 11 is 0. The molecule has 2 rings (SSSR count). The number of aromatic nitrogens is 3. The van der Waals surface area contributed by atoms with E-state index in [1.807, 2.05) is 6.92 Å². The molecule has 0 atom stereocenters. The first-order chi connectivity index (χ1) is 11.2. The molecular weight excluding hydrogens is 284 g/mol. The highest BCUT2D eigenvalue weighted by molar-refractivity contribution is 5.84. The Hall–Kier alpha value is -1.58. The number of aryl methyl sites for hydroxylation is 2. The smallest absolute Gasteiger partial charge is 0.117 e. The van der Waals surface area contributed by atoms with E-state index < -0.39 is 0 Å². The zero-order valence-electron chi connectivity index (χ0n) is 14.8. The monoisotopic (exact) mass is 316 g/mol. The number of hydrogen-bond donors (Lipinski definition) is 2. The number of unbranched alkanes of at least 4 members (excludes halogenated alkanes) is 9. The summed E-state index contributed by atoms with van der Waals surface area (Å²) in [4.78, 5) is 0. The molecule has 1 heterocycles. The summed E-state index contributed by atoms with van der Waals surface area (Å²) in [5.41, 5.74) is 11.3. The van der Waals surface area contributed by atoms with Gasteiger partial charge >= 0.3 is 0 Å². The van der Waals surface area contributed by atoms with Gasteiger partial charge in [-0.2, -0.15) is 0 Å². The van der Waals surface area contributed by atoms with Gasteiger partial charge in [0.15, 0.2) is 0 Å². The molecule has 128 valence electrons. The molecule has 0 saturated carbocycles. The molecule has 4 heteroatoms. The van der Waals surface area contributed by atoms with Crippen molar-refractivity contribution in [2.45, 2.75) is 84.5 Å². The second-order valence-corrected chi connectivity index (χ2v) is 6.71. The van der Waals surface area contributed by atoms with Crippen molar-refractivity contribution in [3.8, 4) is 0 Å². The fourth-order valence-electron chi connectivity index (χ4n) is 3.24. The van der Waals surface area contributed by atoms with Crippen LogP contribution in [0.2, 0.25) is 0 Å². The number of fused-ring (bicyclic) bond motifs is 1. The Bertz CT molecular complexity index is 588. The summed E-state index contributed by atoms with van der Waals surface area (Å²) in [6.45, 7) is 4.30. The molecule has 0 fully saturated rings. The molecule has 1 aromatic carbocycles. The number of hydrogen-bond acceptors (Lipinski definition) is 3. The van der Waals surface area contributed by atoms with Crippen LogP contribution in [0.4, 0.5) is 5.69 Å². The van der Waals surface area contributed by atoms with E-state index in [0.29, 0.717) is 0 Å². The maximum Gasteiger partial charge on any atom is 0.117 e. The summed E-state index contributed by atoms with van der Waals surface area (Å²) in [6, 6.07) is 2.12. The van der Waals surface area contributed by atoms with Gasteiger partial charge in [-0.05, 0) is 31.4 Å². The van der Waals surface area contributed by atoms with Crippen LogP contribution in [0.1, 0.15) is 82.3 Å². The predicted octanol–water partition coefficient (Wildman–Crippen LogP) is 5.31. The summed E-state index contributed by atoms with van der Waals surface area (Å²) in [5, 5.41) is 10.9. The highest BCUT2D eigenvalue weighted by Gasteiger charge is 2.10. The first-order valence-electron chi connectivity index (χ1n) is 9.32. The molecule has 2 aromatic rings. The van der Waals surface area contributed by atoms with Crippen LogP contribution in [-0.4, -0.2) is 15.4 Å². The third-order valence-electron chi connectivity index (χ3n) is 4.80. The lowest BCUT2D eigenvalue weighted by molar-refractivity contribution is 0.556. The third-order valence-corrected chi connectivity index (χ3v) is 4.80. The van der Waals surface area contributed by atoms with Crippen molar-refractivity contribution in [3.05, 3.63) is 17.2 Å². The second kappa shape index (κ2) is 9.53. The fraction of sp³-hybridized carbons (Fsp3) is 0.684. The minimum Gasteiger partial charge on any atom is -0.398 e. The van der Waals surface area contributed by atoms with Gasteiger partial charge < -0.3 is 5.73 Å². The normalized spacial score (nSPS) is 11.4. The van der Waals surface area contributed by atoms with E-state index >= 15 is 0 Å². The number of rotatable bonds is 11. The zero-order valence-corrected chi connectivity index (χ0v) is 14.8. The average Bonchev–Trinajstić information content (AvgIpc) is 3.02. The number of benzene rings is 1. The molecule has 0 aliphatic carbocycles. The van der Waals surface area contributed by atoms with Crippen LogP contribution in [0, 0.1) is 6.92 Å². The van der Waals surface area contributed by atoms with Crippen molar-refractivity contribution in [3.63, 3.8) is 0 Å².